The molecule has 0 spiro atoms. The number of rotatable bonds is 4. The second-order valence-electron chi connectivity index (χ2n) is 11.4. The van der Waals surface area contributed by atoms with Crippen molar-refractivity contribution in [2.45, 2.75) is 0 Å². The minimum Gasteiger partial charge on any atom is -0.310 e. The molecule has 0 N–H and O–H groups in total. The summed E-state index contributed by atoms with van der Waals surface area (Å²) in [5.74, 6) is 0. The van der Waals surface area contributed by atoms with Crippen LogP contribution >= 0.6 is 11.3 Å². The Hall–Kier alpha value is -5.44. The van der Waals surface area contributed by atoms with Crippen LogP contribution in [0.25, 0.3) is 63.6 Å². The number of hydrogen-bond acceptors (Lipinski definition) is 2. The molecule has 0 saturated carbocycles. The maximum Gasteiger partial charge on any atom is 0.0546 e. The fourth-order valence-corrected chi connectivity index (χ4v) is 7.95. The van der Waals surface area contributed by atoms with Gasteiger partial charge in [0.15, 0.2) is 0 Å². The van der Waals surface area contributed by atoms with Crippen LogP contribution < -0.4 is 4.90 Å². The lowest BCUT2D eigenvalue weighted by atomic mass is 9.98. The number of benzene rings is 8. The van der Waals surface area contributed by atoms with Gasteiger partial charge in [-0.15, -0.1) is 11.3 Å². The van der Waals surface area contributed by atoms with Crippen molar-refractivity contribution in [2.75, 3.05) is 4.90 Å². The van der Waals surface area contributed by atoms with E-state index in [4.69, 9.17) is 0 Å². The molecule has 2 heteroatoms. The molecule has 0 atom stereocenters. The van der Waals surface area contributed by atoms with Gasteiger partial charge in [-0.2, -0.15) is 0 Å². The molecule has 1 heterocycles. The number of thiophene rings is 1. The Bertz CT molecular complexity index is 2510. The Morgan fingerprint density at radius 1 is 0.364 bits per heavy atom. The monoisotopic (exact) mass is 577 g/mol. The molecule has 0 aliphatic rings. The van der Waals surface area contributed by atoms with E-state index in [1.165, 1.54) is 69.3 Å². The third-order valence-electron chi connectivity index (χ3n) is 8.80. The average molecular weight is 578 g/mol. The van der Waals surface area contributed by atoms with E-state index in [2.05, 4.69) is 169 Å². The molecule has 206 valence electrons. The topological polar surface area (TPSA) is 3.24 Å². The summed E-state index contributed by atoms with van der Waals surface area (Å²) in [5, 5.41) is 10.2. The number of nitrogens with zero attached hydrogens (tertiary/aromatic N) is 1. The molecule has 1 aromatic heterocycles. The van der Waals surface area contributed by atoms with Crippen molar-refractivity contribution in [3.8, 4) is 11.1 Å². The SMILES string of the molecule is c1ccc(-c2cccc(N(c3ccc4sc5c6ccccc6ccc5c4c3)c3cc4ccccc4c4ccccc34)c2)cc1. The van der Waals surface area contributed by atoms with E-state index in [0.29, 0.717) is 0 Å². The summed E-state index contributed by atoms with van der Waals surface area (Å²) in [6, 6.07) is 59.7. The van der Waals surface area contributed by atoms with Crippen molar-refractivity contribution in [1.29, 1.82) is 0 Å². The molecular formula is C42H27NS. The van der Waals surface area contributed by atoms with Crippen molar-refractivity contribution in [2.24, 2.45) is 0 Å². The Labute approximate surface area is 259 Å². The molecule has 9 rings (SSSR count). The standard InChI is InChI=1S/C42H27NS/c1-2-11-28(12-3-1)30-15-10-16-32(25-30)43(40-26-31-14-5-6-17-34(31)36-19-8-9-20-37(36)40)33-22-24-41-39(27-33)38-23-21-29-13-4-7-18-35(29)42(38)44-41/h1-27H. The molecule has 0 amide bonds. The molecule has 0 aliphatic heterocycles. The van der Waals surface area contributed by atoms with Gasteiger partial charge in [0.05, 0.1) is 5.69 Å². The lowest BCUT2D eigenvalue weighted by Crippen LogP contribution is -2.10. The van der Waals surface area contributed by atoms with Crippen molar-refractivity contribution < 1.29 is 0 Å². The molecule has 0 unspecified atom stereocenters. The third kappa shape index (κ3) is 4.00. The second kappa shape index (κ2) is 10.1. The molecule has 0 aliphatic carbocycles. The van der Waals surface area contributed by atoms with E-state index in [1.54, 1.807) is 0 Å². The molecule has 1 nitrogen and oxygen atoms in total. The predicted molar refractivity (Wildman–Crippen MR) is 192 cm³/mol. The van der Waals surface area contributed by atoms with E-state index < -0.39 is 0 Å². The summed E-state index contributed by atoms with van der Waals surface area (Å²) in [6.45, 7) is 0. The van der Waals surface area contributed by atoms with E-state index in [-0.39, 0.29) is 0 Å². The van der Waals surface area contributed by atoms with Crippen LogP contribution in [-0.2, 0) is 0 Å². The number of anilines is 3. The average Bonchev–Trinajstić information content (AvgIpc) is 3.48. The Balaban J connectivity index is 1.34. The van der Waals surface area contributed by atoms with Gasteiger partial charge >= 0.3 is 0 Å². The highest BCUT2D eigenvalue weighted by atomic mass is 32.1. The Morgan fingerprint density at radius 3 is 1.91 bits per heavy atom. The van der Waals surface area contributed by atoms with Crippen LogP contribution in [-0.4, -0.2) is 0 Å². The van der Waals surface area contributed by atoms with Gasteiger partial charge in [-0.1, -0.05) is 127 Å². The van der Waals surface area contributed by atoms with E-state index in [1.807, 2.05) is 11.3 Å². The Morgan fingerprint density at radius 2 is 1.05 bits per heavy atom. The third-order valence-corrected chi connectivity index (χ3v) is 10.0. The number of fused-ring (bicyclic) bond motifs is 8. The molecule has 0 bridgehead atoms. The van der Waals surface area contributed by atoms with Gasteiger partial charge in [-0.3, -0.25) is 0 Å². The zero-order valence-electron chi connectivity index (χ0n) is 23.9. The quantitative estimate of drug-likeness (QED) is 0.188. The van der Waals surface area contributed by atoms with Crippen LogP contribution in [0, 0.1) is 0 Å². The van der Waals surface area contributed by atoms with Gasteiger partial charge < -0.3 is 4.90 Å². The van der Waals surface area contributed by atoms with Crippen molar-refractivity contribution in [3.63, 3.8) is 0 Å². The maximum atomic E-state index is 2.45. The normalized spacial score (nSPS) is 11.6. The largest absolute Gasteiger partial charge is 0.310 e. The highest BCUT2D eigenvalue weighted by Gasteiger charge is 2.19. The lowest BCUT2D eigenvalue weighted by Gasteiger charge is -2.28. The van der Waals surface area contributed by atoms with Gasteiger partial charge in [-0.25, -0.2) is 0 Å². The Kier molecular flexibility index (Phi) is 5.75. The van der Waals surface area contributed by atoms with Gasteiger partial charge in [-0.05, 0) is 74.5 Å². The lowest BCUT2D eigenvalue weighted by molar-refractivity contribution is 1.31. The first-order valence-corrected chi connectivity index (χ1v) is 15.8. The van der Waals surface area contributed by atoms with Gasteiger partial charge in [0.25, 0.3) is 0 Å². The fourth-order valence-electron chi connectivity index (χ4n) is 6.73. The summed E-state index contributed by atoms with van der Waals surface area (Å²) in [6.07, 6.45) is 0. The summed E-state index contributed by atoms with van der Waals surface area (Å²) in [4.78, 5) is 2.45. The fraction of sp³-hybridized carbons (Fsp3) is 0. The minimum absolute atomic E-state index is 1.14. The highest BCUT2D eigenvalue weighted by molar-refractivity contribution is 7.26. The van der Waals surface area contributed by atoms with Crippen molar-refractivity contribution >= 4 is 80.9 Å². The zero-order valence-corrected chi connectivity index (χ0v) is 24.8. The molecule has 8 aromatic carbocycles. The van der Waals surface area contributed by atoms with Crippen LogP contribution in [0.4, 0.5) is 17.1 Å². The van der Waals surface area contributed by atoms with Gasteiger partial charge in [0.1, 0.15) is 0 Å². The van der Waals surface area contributed by atoms with Crippen molar-refractivity contribution in [3.05, 3.63) is 164 Å². The van der Waals surface area contributed by atoms with Crippen molar-refractivity contribution in [1.82, 2.24) is 0 Å². The zero-order chi connectivity index (χ0) is 29.0. The molecular weight excluding hydrogens is 551 g/mol. The van der Waals surface area contributed by atoms with E-state index in [0.717, 1.165) is 11.4 Å². The highest BCUT2D eigenvalue weighted by Crippen LogP contribution is 2.45. The summed E-state index contributed by atoms with van der Waals surface area (Å²) < 4.78 is 2.66. The van der Waals surface area contributed by atoms with Gasteiger partial charge in [0, 0.05) is 36.9 Å². The van der Waals surface area contributed by atoms with Crippen LogP contribution in [0.1, 0.15) is 0 Å². The number of hydrogen-bond donors (Lipinski definition) is 0. The van der Waals surface area contributed by atoms with Crippen LogP contribution in [0.2, 0.25) is 0 Å². The summed E-state index contributed by atoms with van der Waals surface area (Å²) in [5.41, 5.74) is 5.87. The molecule has 0 fully saturated rings. The second-order valence-corrected chi connectivity index (χ2v) is 12.4. The van der Waals surface area contributed by atoms with Crippen LogP contribution in [0.15, 0.2) is 164 Å². The molecule has 9 aromatic rings. The smallest absolute Gasteiger partial charge is 0.0546 e. The van der Waals surface area contributed by atoms with Gasteiger partial charge in [0.2, 0.25) is 0 Å². The van der Waals surface area contributed by atoms with E-state index in [9.17, 15) is 0 Å². The minimum atomic E-state index is 1.14. The molecule has 0 saturated heterocycles. The summed E-state index contributed by atoms with van der Waals surface area (Å²) in [7, 11) is 0. The molecule has 44 heavy (non-hydrogen) atoms. The predicted octanol–water partition coefficient (Wildman–Crippen LogP) is 12.7. The first kappa shape index (κ1) is 25.1. The maximum absolute atomic E-state index is 2.45. The molecule has 0 radical (unpaired) electrons. The van der Waals surface area contributed by atoms with E-state index >= 15 is 0 Å². The van der Waals surface area contributed by atoms with Crippen LogP contribution in [0.5, 0.6) is 0 Å². The first-order valence-electron chi connectivity index (χ1n) is 15.0. The summed E-state index contributed by atoms with van der Waals surface area (Å²) >= 11 is 1.89. The first-order chi connectivity index (χ1) is 21.8. The van der Waals surface area contributed by atoms with Crippen LogP contribution in [0.3, 0.4) is 0 Å².